The molecule has 88 valence electrons. The molecule has 2 rings (SSSR count). The molecule has 0 unspecified atom stereocenters. The highest BCUT2D eigenvalue weighted by molar-refractivity contribution is 9.10. The van der Waals surface area contributed by atoms with Crippen LogP contribution in [0.15, 0.2) is 28.7 Å². The van der Waals surface area contributed by atoms with E-state index >= 15 is 0 Å². The molecule has 1 nitrogen and oxygen atoms in total. The zero-order valence-electron chi connectivity index (χ0n) is 9.38. The Kier molecular flexibility index (Phi) is 3.45. The zero-order chi connectivity index (χ0) is 12.6. The first-order valence-electron chi connectivity index (χ1n) is 5.06. The van der Waals surface area contributed by atoms with Gasteiger partial charge in [0.15, 0.2) is 5.78 Å². The predicted octanol–water partition coefficient (Wildman–Crippen LogP) is 4.50. The zero-order valence-corrected chi connectivity index (χ0v) is 11.8. The Balaban J connectivity index is 2.55. The molecule has 1 heterocycles. The van der Waals surface area contributed by atoms with Crippen molar-refractivity contribution in [2.75, 3.05) is 0 Å². The van der Waals surface area contributed by atoms with Gasteiger partial charge in [-0.1, -0.05) is 6.07 Å². The van der Waals surface area contributed by atoms with Crippen molar-refractivity contribution in [2.45, 2.75) is 13.8 Å². The van der Waals surface area contributed by atoms with Crippen molar-refractivity contribution in [3.8, 4) is 0 Å². The van der Waals surface area contributed by atoms with Gasteiger partial charge < -0.3 is 0 Å². The second-order valence-corrected chi connectivity index (χ2v) is 6.07. The summed E-state index contributed by atoms with van der Waals surface area (Å²) in [7, 11) is 0. The number of carbonyl (C=O) groups excluding carboxylic acids is 1. The van der Waals surface area contributed by atoms with Gasteiger partial charge in [0.05, 0.1) is 5.56 Å². The van der Waals surface area contributed by atoms with Gasteiger partial charge in [-0.3, -0.25) is 4.79 Å². The van der Waals surface area contributed by atoms with E-state index in [0.717, 1.165) is 9.75 Å². The van der Waals surface area contributed by atoms with Crippen molar-refractivity contribution >= 4 is 33.0 Å². The summed E-state index contributed by atoms with van der Waals surface area (Å²) in [6.07, 6.45) is 0. The Hall–Kier alpha value is -1.000. The third-order valence-electron chi connectivity index (χ3n) is 2.48. The predicted molar refractivity (Wildman–Crippen MR) is 71.3 cm³/mol. The minimum absolute atomic E-state index is 0.105. The second kappa shape index (κ2) is 4.70. The normalized spacial score (nSPS) is 10.6. The molecule has 0 saturated heterocycles. The maximum Gasteiger partial charge on any atom is 0.198 e. The average molecular weight is 313 g/mol. The molecule has 17 heavy (non-hydrogen) atoms. The van der Waals surface area contributed by atoms with Gasteiger partial charge in [0.1, 0.15) is 5.82 Å². The number of halogens is 2. The van der Waals surface area contributed by atoms with E-state index in [-0.39, 0.29) is 11.3 Å². The summed E-state index contributed by atoms with van der Waals surface area (Å²) in [5.41, 5.74) is 0.687. The molecular weight excluding hydrogens is 303 g/mol. The van der Waals surface area contributed by atoms with Gasteiger partial charge in [-0.2, -0.15) is 0 Å². The minimum atomic E-state index is -0.493. The van der Waals surface area contributed by atoms with Crippen LogP contribution in [-0.4, -0.2) is 5.78 Å². The van der Waals surface area contributed by atoms with Crippen LogP contribution < -0.4 is 0 Å². The topological polar surface area (TPSA) is 17.1 Å². The molecule has 0 N–H and O–H groups in total. The van der Waals surface area contributed by atoms with E-state index in [9.17, 15) is 9.18 Å². The third-order valence-corrected chi connectivity index (χ3v) is 4.10. The molecule has 0 saturated carbocycles. The van der Waals surface area contributed by atoms with Gasteiger partial charge in [0.25, 0.3) is 0 Å². The molecule has 0 aliphatic heterocycles. The van der Waals surface area contributed by atoms with Crippen LogP contribution >= 0.6 is 27.3 Å². The van der Waals surface area contributed by atoms with Crippen LogP contribution in [-0.2, 0) is 0 Å². The Morgan fingerprint density at radius 3 is 2.59 bits per heavy atom. The van der Waals surface area contributed by atoms with Gasteiger partial charge in [0.2, 0.25) is 0 Å². The average Bonchev–Trinajstić information content (AvgIpc) is 2.57. The van der Waals surface area contributed by atoms with Crippen molar-refractivity contribution < 1.29 is 9.18 Å². The van der Waals surface area contributed by atoms with E-state index in [4.69, 9.17) is 0 Å². The lowest BCUT2D eigenvalue weighted by atomic mass is 10.0. The Labute approximate surface area is 111 Å². The highest BCUT2D eigenvalue weighted by Gasteiger charge is 2.20. The number of benzene rings is 1. The molecule has 0 fully saturated rings. The van der Waals surface area contributed by atoms with Crippen LogP contribution in [0.5, 0.6) is 0 Å². The van der Waals surface area contributed by atoms with Crippen LogP contribution in [0.2, 0.25) is 0 Å². The fourth-order valence-electron chi connectivity index (χ4n) is 1.71. The van der Waals surface area contributed by atoms with Crippen molar-refractivity contribution in [3.05, 3.63) is 55.4 Å². The number of hydrogen-bond donors (Lipinski definition) is 0. The van der Waals surface area contributed by atoms with Gasteiger partial charge in [-0.15, -0.1) is 11.3 Å². The van der Waals surface area contributed by atoms with Crippen LogP contribution in [0, 0.1) is 19.7 Å². The standard InChI is InChI=1S/C13H10BrFOS/c1-7-6-9(8(2)17-7)13(16)12-10(14)4-3-5-11(12)15/h3-6H,1-2H3. The second-order valence-electron chi connectivity index (χ2n) is 3.75. The lowest BCUT2D eigenvalue weighted by molar-refractivity contribution is 0.103. The molecule has 1 aromatic carbocycles. The SMILES string of the molecule is Cc1cc(C(=O)c2c(F)cccc2Br)c(C)s1. The minimum Gasteiger partial charge on any atom is -0.288 e. The maximum absolute atomic E-state index is 13.7. The smallest absolute Gasteiger partial charge is 0.198 e. The molecule has 0 radical (unpaired) electrons. The molecule has 4 heteroatoms. The van der Waals surface area contributed by atoms with Gasteiger partial charge in [-0.05, 0) is 48.0 Å². The van der Waals surface area contributed by atoms with Crippen LogP contribution in [0.4, 0.5) is 4.39 Å². The summed E-state index contributed by atoms with van der Waals surface area (Å²) < 4.78 is 14.2. The molecule has 0 spiro atoms. The number of thiophene rings is 1. The molecule has 0 aliphatic rings. The van der Waals surface area contributed by atoms with Crippen molar-refractivity contribution in [1.82, 2.24) is 0 Å². The van der Waals surface area contributed by atoms with E-state index in [1.807, 2.05) is 13.8 Å². The summed E-state index contributed by atoms with van der Waals surface area (Å²) in [6.45, 7) is 3.81. The van der Waals surface area contributed by atoms with E-state index in [1.54, 1.807) is 29.5 Å². The molecule has 0 atom stereocenters. The van der Waals surface area contributed by atoms with Gasteiger partial charge in [0, 0.05) is 19.8 Å². The Bertz CT molecular complexity index is 569. The van der Waals surface area contributed by atoms with Crippen LogP contribution in [0.3, 0.4) is 0 Å². The number of rotatable bonds is 2. The molecule has 2 aromatic rings. The number of hydrogen-bond acceptors (Lipinski definition) is 2. The first kappa shape index (κ1) is 12.5. The van der Waals surface area contributed by atoms with Crippen LogP contribution in [0.25, 0.3) is 0 Å². The highest BCUT2D eigenvalue weighted by atomic mass is 79.9. The fourth-order valence-corrected chi connectivity index (χ4v) is 3.15. The van der Waals surface area contributed by atoms with Gasteiger partial charge >= 0.3 is 0 Å². The van der Waals surface area contributed by atoms with Crippen molar-refractivity contribution in [3.63, 3.8) is 0 Å². The van der Waals surface area contributed by atoms with E-state index in [0.29, 0.717) is 10.0 Å². The van der Waals surface area contributed by atoms with Crippen molar-refractivity contribution in [1.29, 1.82) is 0 Å². The summed E-state index contributed by atoms with van der Waals surface area (Å²) in [5, 5.41) is 0. The Morgan fingerprint density at radius 1 is 1.35 bits per heavy atom. The summed E-state index contributed by atoms with van der Waals surface area (Å²) in [5.74, 6) is -0.760. The third kappa shape index (κ3) is 2.33. The monoisotopic (exact) mass is 312 g/mol. The maximum atomic E-state index is 13.7. The Morgan fingerprint density at radius 2 is 2.06 bits per heavy atom. The summed E-state index contributed by atoms with van der Waals surface area (Å²) >= 11 is 4.76. The first-order valence-corrected chi connectivity index (χ1v) is 6.67. The fraction of sp³-hybridized carbons (Fsp3) is 0.154. The lowest BCUT2D eigenvalue weighted by Gasteiger charge is -2.04. The quantitative estimate of drug-likeness (QED) is 0.746. The first-order chi connectivity index (χ1) is 8.00. The van der Waals surface area contributed by atoms with E-state index in [1.165, 1.54) is 6.07 Å². The number of aryl methyl sites for hydroxylation is 2. The molecular formula is C13H10BrFOS. The van der Waals surface area contributed by atoms with Crippen LogP contribution in [0.1, 0.15) is 25.7 Å². The number of ketones is 1. The van der Waals surface area contributed by atoms with Crippen molar-refractivity contribution in [2.24, 2.45) is 0 Å². The molecule has 1 aromatic heterocycles. The summed E-state index contributed by atoms with van der Waals surface area (Å²) in [4.78, 5) is 14.2. The molecule has 0 aliphatic carbocycles. The highest BCUT2D eigenvalue weighted by Crippen LogP contribution is 2.27. The number of carbonyl (C=O) groups is 1. The summed E-state index contributed by atoms with van der Waals surface area (Å²) in [6, 6.07) is 6.35. The molecule has 0 amide bonds. The lowest BCUT2D eigenvalue weighted by Crippen LogP contribution is -2.05. The largest absolute Gasteiger partial charge is 0.288 e. The molecule has 0 bridgehead atoms. The van der Waals surface area contributed by atoms with E-state index in [2.05, 4.69) is 15.9 Å². The van der Waals surface area contributed by atoms with E-state index < -0.39 is 5.82 Å². The van der Waals surface area contributed by atoms with Gasteiger partial charge in [-0.25, -0.2) is 4.39 Å².